The Morgan fingerprint density at radius 1 is 1.60 bits per heavy atom. The Balaban J connectivity index is 2.64. The lowest BCUT2D eigenvalue weighted by molar-refractivity contribution is -0.117. The molecule has 0 spiro atoms. The molecule has 0 aromatic heterocycles. The van der Waals surface area contributed by atoms with Gasteiger partial charge in [-0.25, -0.2) is 0 Å². The van der Waals surface area contributed by atoms with Crippen LogP contribution in [0.3, 0.4) is 0 Å². The van der Waals surface area contributed by atoms with Crippen LogP contribution in [0.5, 0.6) is 0 Å². The predicted molar refractivity (Wildman–Crippen MR) is 37.2 cm³/mol. The molecular formula is C8H9O2. The van der Waals surface area contributed by atoms with E-state index in [2.05, 4.69) is 0 Å². The second-order valence-corrected chi connectivity index (χ2v) is 2.55. The van der Waals surface area contributed by atoms with Crippen molar-refractivity contribution in [1.29, 1.82) is 0 Å². The molecule has 0 heterocycles. The molecule has 1 aliphatic carbocycles. The van der Waals surface area contributed by atoms with Crippen LogP contribution in [0.25, 0.3) is 0 Å². The molecule has 2 nitrogen and oxygen atoms in total. The maximum Gasteiger partial charge on any atom is 0.213 e. The van der Waals surface area contributed by atoms with E-state index in [-0.39, 0.29) is 5.78 Å². The van der Waals surface area contributed by atoms with Gasteiger partial charge in [0, 0.05) is 0 Å². The minimum atomic E-state index is -0.730. The van der Waals surface area contributed by atoms with Crippen LogP contribution in [-0.4, -0.2) is 12.1 Å². The number of ketones is 1. The van der Waals surface area contributed by atoms with E-state index in [0.717, 1.165) is 0 Å². The van der Waals surface area contributed by atoms with E-state index in [0.29, 0.717) is 12.8 Å². The minimum Gasteiger partial charge on any atom is -0.294 e. The van der Waals surface area contributed by atoms with E-state index in [4.69, 9.17) is 0 Å². The molecule has 0 amide bonds. The highest BCUT2D eigenvalue weighted by atomic mass is 16.1. The van der Waals surface area contributed by atoms with Crippen molar-refractivity contribution in [2.75, 3.05) is 0 Å². The zero-order valence-corrected chi connectivity index (χ0v) is 5.89. The maximum absolute atomic E-state index is 11.0. The Morgan fingerprint density at radius 2 is 2.20 bits per heavy atom. The summed E-state index contributed by atoms with van der Waals surface area (Å²) < 4.78 is 0. The zero-order chi connectivity index (χ0) is 7.61. The average Bonchev–Trinajstić information content (AvgIpc) is 2.68. The van der Waals surface area contributed by atoms with Crippen LogP contribution in [0.15, 0.2) is 12.2 Å². The standard InChI is InChI=1S/C8H9O2/c1-2-3-7(10)8(6-9)4-5-8/h2-3H,4-5H2,1H3. The molecule has 2 heteroatoms. The van der Waals surface area contributed by atoms with Crippen molar-refractivity contribution in [1.82, 2.24) is 0 Å². The molecule has 53 valence electrons. The molecule has 0 N–H and O–H groups in total. The summed E-state index contributed by atoms with van der Waals surface area (Å²) in [6, 6.07) is 0. The zero-order valence-electron chi connectivity index (χ0n) is 5.89. The highest BCUT2D eigenvalue weighted by Crippen LogP contribution is 2.44. The second-order valence-electron chi connectivity index (χ2n) is 2.55. The van der Waals surface area contributed by atoms with Crippen LogP contribution in [0.2, 0.25) is 0 Å². The summed E-state index contributed by atoms with van der Waals surface area (Å²) in [4.78, 5) is 21.2. The van der Waals surface area contributed by atoms with Crippen molar-refractivity contribution in [3.05, 3.63) is 12.2 Å². The van der Waals surface area contributed by atoms with Gasteiger partial charge in [0.2, 0.25) is 6.29 Å². The lowest BCUT2D eigenvalue weighted by atomic mass is 10.0. The number of hydrogen-bond acceptors (Lipinski definition) is 2. The van der Waals surface area contributed by atoms with Crippen LogP contribution < -0.4 is 0 Å². The molecule has 0 unspecified atom stereocenters. The fraction of sp³-hybridized carbons (Fsp3) is 0.500. The molecule has 0 bridgehead atoms. The smallest absolute Gasteiger partial charge is 0.213 e. The highest BCUT2D eigenvalue weighted by molar-refractivity contribution is 6.07. The first-order valence-corrected chi connectivity index (χ1v) is 3.31. The Morgan fingerprint density at radius 3 is 2.50 bits per heavy atom. The quantitative estimate of drug-likeness (QED) is 0.430. The van der Waals surface area contributed by atoms with Gasteiger partial charge >= 0.3 is 0 Å². The summed E-state index contributed by atoms with van der Waals surface area (Å²) >= 11 is 0. The Labute approximate surface area is 59.9 Å². The summed E-state index contributed by atoms with van der Waals surface area (Å²) in [5.74, 6) is -0.0926. The number of carbonyl (C=O) groups excluding carboxylic acids is 2. The lowest BCUT2D eigenvalue weighted by Gasteiger charge is -1.96. The van der Waals surface area contributed by atoms with Gasteiger partial charge in [0.15, 0.2) is 5.78 Å². The molecule has 10 heavy (non-hydrogen) atoms. The van der Waals surface area contributed by atoms with Crippen molar-refractivity contribution < 1.29 is 9.59 Å². The van der Waals surface area contributed by atoms with Gasteiger partial charge < -0.3 is 0 Å². The van der Waals surface area contributed by atoms with Gasteiger partial charge in [0.05, 0.1) is 5.41 Å². The molecule has 1 fully saturated rings. The average molecular weight is 137 g/mol. The van der Waals surface area contributed by atoms with Gasteiger partial charge in [-0.3, -0.25) is 9.59 Å². The first-order valence-electron chi connectivity index (χ1n) is 3.31. The van der Waals surface area contributed by atoms with Crippen LogP contribution in [0.1, 0.15) is 19.8 Å². The molecule has 0 saturated heterocycles. The fourth-order valence-corrected chi connectivity index (χ4v) is 0.835. The number of carbonyl (C=O) groups is 1. The third kappa shape index (κ3) is 1.01. The van der Waals surface area contributed by atoms with Gasteiger partial charge in [-0.1, -0.05) is 6.08 Å². The summed E-state index contributed by atoms with van der Waals surface area (Å²) in [5, 5.41) is 0. The third-order valence-corrected chi connectivity index (χ3v) is 1.74. The van der Waals surface area contributed by atoms with Gasteiger partial charge in [0.25, 0.3) is 0 Å². The van der Waals surface area contributed by atoms with E-state index < -0.39 is 5.41 Å². The topological polar surface area (TPSA) is 34.1 Å². The fourth-order valence-electron chi connectivity index (χ4n) is 0.835. The van der Waals surface area contributed by atoms with Crippen molar-refractivity contribution >= 4 is 12.1 Å². The molecule has 0 aromatic rings. The van der Waals surface area contributed by atoms with E-state index in [1.807, 2.05) is 0 Å². The van der Waals surface area contributed by atoms with E-state index >= 15 is 0 Å². The summed E-state index contributed by atoms with van der Waals surface area (Å²) in [6.45, 7) is 1.76. The molecule has 1 aliphatic rings. The second kappa shape index (κ2) is 2.37. The molecule has 0 atom stereocenters. The molecule has 0 aromatic carbocycles. The normalized spacial score (nSPS) is 20.9. The summed E-state index contributed by atoms with van der Waals surface area (Å²) in [7, 11) is 0. The molecule has 1 radical (unpaired) electrons. The highest BCUT2D eigenvalue weighted by Gasteiger charge is 2.49. The van der Waals surface area contributed by atoms with Crippen LogP contribution >= 0.6 is 0 Å². The first-order chi connectivity index (χ1) is 4.75. The van der Waals surface area contributed by atoms with E-state index in [9.17, 15) is 9.59 Å². The number of hydrogen-bond donors (Lipinski definition) is 0. The van der Waals surface area contributed by atoms with Gasteiger partial charge in [-0.15, -0.1) is 0 Å². The largest absolute Gasteiger partial charge is 0.294 e. The first kappa shape index (κ1) is 7.19. The number of rotatable bonds is 3. The summed E-state index contributed by atoms with van der Waals surface area (Å²) in [6.07, 6.45) is 6.24. The lowest BCUT2D eigenvalue weighted by Crippen LogP contribution is -2.13. The third-order valence-electron chi connectivity index (χ3n) is 1.74. The Bertz CT molecular complexity index is 187. The van der Waals surface area contributed by atoms with Crippen molar-refractivity contribution in [3.63, 3.8) is 0 Å². The molecular weight excluding hydrogens is 128 g/mol. The van der Waals surface area contributed by atoms with Crippen LogP contribution in [0.4, 0.5) is 0 Å². The maximum atomic E-state index is 11.0. The van der Waals surface area contributed by atoms with Crippen molar-refractivity contribution in [2.45, 2.75) is 19.8 Å². The van der Waals surface area contributed by atoms with Crippen molar-refractivity contribution in [2.24, 2.45) is 5.41 Å². The van der Waals surface area contributed by atoms with Crippen LogP contribution in [-0.2, 0) is 9.59 Å². The van der Waals surface area contributed by atoms with Crippen LogP contribution in [0, 0.1) is 5.41 Å². The van der Waals surface area contributed by atoms with Gasteiger partial charge in [-0.2, -0.15) is 0 Å². The Kier molecular flexibility index (Phi) is 1.70. The van der Waals surface area contributed by atoms with E-state index in [1.54, 1.807) is 19.3 Å². The number of allylic oxidation sites excluding steroid dienone is 2. The monoisotopic (exact) mass is 137 g/mol. The molecule has 1 saturated carbocycles. The van der Waals surface area contributed by atoms with Crippen molar-refractivity contribution in [3.8, 4) is 0 Å². The van der Waals surface area contributed by atoms with Gasteiger partial charge in [-0.05, 0) is 25.8 Å². The molecule has 0 aliphatic heterocycles. The Hall–Kier alpha value is -0.920. The minimum absolute atomic E-state index is 0.0926. The van der Waals surface area contributed by atoms with Gasteiger partial charge in [0.1, 0.15) is 0 Å². The summed E-state index contributed by atoms with van der Waals surface area (Å²) in [5.41, 5.74) is -0.730. The SMILES string of the molecule is CC=CC(=O)C1([C]=O)CC1. The predicted octanol–water partition coefficient (Wildman–Crippen LogP) is 1.02. The van der Waals surface area contributed by atoms with E-state index in [1.165, 1.54) is 6.08 Å². The molecule has 1 rings (SSSR count).